The van der Waals surface area contributed by atoms with E-state index in [2.05, 4.69) is 16.8 Å². The molecule has 0 unspecified atom stereocenters. The molecule has 16 heavy (non-hydrogen) atoms. The number of nitrogens with zero attached hydrogens (tertiary/aromatic N) is 1. The van der Waals surface area contributed by atoms with Gasteiger partial charge in [-0.15, -0.1) is 0 Å². The maximum absolute atomic E-state index is 5.82. The highest BCUT2D eigenvalue weighted by atomic mass is 35.5. The van der Waals surface area contributed by atoms with Crippen molar-refractivity contribution in [1.29, 1.82) is 0 Å². The van der Waals surface area contributed by atoms with Gasteiger partial charge in [0.2, 0.25) is 0 Å². The van der Waals surface area contributed by atoms with Gasteiger partial charge < -0.3 is 10.2 Å². The van der Waals surface area contributed by atoms with E-state index in [0.717, 1.165) is 17.3 Å². The van der Waals surface area contributed by atoms with Crippen molar-refractivity contribution >= 4 is 11.6 Å². The second-order valence-electron chi connectivity index (χ2n) is 3.63. The number of halogens is 1. The average Bonchev–Trinajstić information content (AvgIpc) is 2.29. The molecule has 86 valence electrons. The van der Waals surface area contributed by atoms with E-state index >= 15 is 0 Å². The number of hydrogen-bond donors (Lipinski definition) is 1. The van der Waals surface area contributed by atoms with Gasteiger partial charge in [-0.1, -0.05) is 30.3 Å². The summed E-state index contributed by atoms with van der Waals surface area (Å²) in [5.41, 5.74) is 2.12. The first-order valence-electron chi connectivity index (χ1n) is 5.11. The predicted octanol–water partition coefficient (Wildman–Crippen LogP) is 3.02. The van der Waals surface area contributed by atoms with Crippen LogP contribution in [0.2, 0.25) is 5.02 Å². The van der Waals surface area contributed by atoms with E-state index in [-0.39, 0.29) is 0 Å². The smallest absolute Gasteiger partial charge is 0.0420 e. The fourth-order valence-corrected chi connectivity index (χ4v) is 1.36. The Morgan fingerprint density at radius 1 is 1.44 bits per heavy atom. The van der Waals surface area contributed by atoms with E-state index in [0.29, 0.717) is 0 Å². The molecular weight excluding hydrogens is 220 g/mol. The third-order valence-corrected chi connectivity index (χ3v) is 2.45. The molecule has 2 nitrogen and oxygen atoms in total. The molecule has 0 spiro atoms. The van der Waals surface area contributed by atoms with Crippen LogP contribution in [-0.2, 0) is 6.54 Å². The summed E-state index contributed by atoms with van der Waals surface area (Å²) in [4.78, 5) is 2.09. The highest BCUT2D eigenvalue weighted by Crippen LogP contribution is 2.11. The van der Waals surface area contributed by atoms with Crippen molar-refractivity contribution in [2.45, 2.75) is 6.54 Å². The van der Waals surface area contributed by atoms with Gasteiger partial charge in [0.1, 0.15) is 0 Å². The SMILES string of the molecule is C=C(/C=C\N(C)Cc1ccc(Cl)cc1)NC. The molecule has 0 saturated carbocycles. The average molecular weight is 237 g/mol. The largest absolute Gasteiger partial charge is 0.389 e. The van der Waals surface area contributed by atoms with Crippen molar-refractivity contribution in [3.05, 3.63) is 59.4 Å². The standard InChI is InChI=1S/C13H17ClN2/c1-11(15-2)8-9-16(3)10-12-4-6-13(14)7-5-12/h4-9,15H,1,10H2,2-3H3/b9-8-. The van der Waals surface area contributed by atoms with Crippen molar-refractivity contribution in [3.8, 4) is 0 Å². The molecule has 3 heteroatoms. The normalized spacial score (nSPS) is 10.4. The zero-order chi connectivity index (χ0) is 12.0. The fraction of sp³-hybridized carbons (Fsp3) is 0.231. The molecule has 0 radical (unpaired) electrons. The summed E-state index contributed by atoms with van der Waals surface area (Å²) in [6.07, 6.45) is 3.93. The maximum atomic E-state index is 5.82. The lowest BCUT2D eigenvalue weighted by Gasteiger charge is -2.14. The topological polar surface area (TPSA) is 15.3 Å². The van der Waals surface area contributed by atoms with E-state index in [1.165, 1.54) is 5.56 Å². The minimum atomic E-state index is 0.769. The Balaban J connectivity index is 2.51. The minimum absolute atomic E-state index is 0.769. The third kappa shape index (κ3) is 4.41. The van der Waals surface area contributed by atoms with Crippen molar-refractivity contribution in [3.63, 3.8) is 0 Å². The zero-order valence-electron chi connectivity index (χ0n) is 9.70. The van der Waals surface area contributed by atoms with Crippen LogP contribution in [0.25, 0.3) is 0 Å². The molecule has 1 aromatic rings. The van der Waals surface area contributed by atoms with Gasteiger partial charge in [0, 0.05) is 37.6 Å². The molecule has 1 aromatic carbocycles. The third-order valence-electron chi connectivity index (χ3n) is 2.20. The van der Waals surface area contributed by atoms with E-state index < -0.39 is 0 Å². The molecule has 0 saturated heterocycles. The second-order valence-corrected chi connectivity index (χ2v) is 4.07. The van der Waals surface area contributed by atoms with Crippen LogP contribution in [0.15, 0.2) is 48.8 Å². The van der Waals surface area contributed by atoms with Crippen LogP contribution in [0.5, 0.6) is 0 Å². The number of allylic oxidation sites excluding steroid dienone is 1. The highest BCUT2D eigenvalue weighted by molar-refractivity contribution is 6.30. The summed E-state index contributed by atoms with van der Waals surface area (Å²) in [5.74, 6) is 0. The van der Waals surface area contributed by atoms with Gasteiger partial charge in [0.05, 0.1) is 0 Å². The number of benzene rings is 1. The molecule has 0 bridgehead atoms. The van der Waals surface area contributed by atoms with Crippen molar-refractivity contribution in [1.82, 2.24) is 10.2 Å². The number of rotatable bonds is 5. The summed E-state index contributed by atoms with van der Waals surface area (Å²) in [5, 5.41) is 3.74. The molecule has 0 aliphatic heterocycles. The Labute approximate surface area is 102 Å². The Hall–Kier alpha value is -1.41. The molecular formula is C13H17ClN2. The first-order chi connectivity index (χ1) is 7.61. The first-order valence-corrected chi connectivity index (χ1v) is 5.49. The van der Waals surface area contributed by atoms with E-state index in [1.807, 2.05) is 50.6 Å². The molecule has 0 heterocycles. The zero-order valence-corrected chi connectivity index (χ0v) is 10.5. The lowest BCUT2D eigenvalue weighted by molar-refractivity contribution is 0.450. The van der Waals surface area contributed by atoms with Crippen LogP contribution in [0, 0.1) is 0 Å². The Morgan fingerprint density at radius 3 is 2.62 bits per heavy atom. The van der Waals surface area contributed by atoms with Crippen molar-refractivity contribution in [2.75, 3.05) is 14.1 Å². The minimum Gasteiger partial charge on any atom is -0.389 e. The molecule has 0 aliphatic carbocycles. The number of likely N-dealkylation sites (N-methyl/N-ethyl adjacent to an activating group) is 1. The Kier molecular flexibility index (Phi) is 4.93. The number of hydrogen-bond acceptors (Lipinski definition) is 2. The Morgan fingerprint density at radius 2 is 2.06 bits per heavy atom. The van der Waals surface area contributed by atoms with Crippen LogP contribution < -0.4 is 5.32 Å². The van der Waals surface area contributed by atoms with Crippen LogP contribution in [-0.4, -0.2) is 19.0 Å². The monoisotopic (exact) mass is 236 g/mol. The van der Waals surface area contributed by atoms with Gasteiger partial charge in [-0.05, 0) is 23.8 Å². The van der Waals surface area contributed by atoms with Crippen molar-refractivity contribution < 1.29 is 0 Å². The maximum Gasteiger partial charge on any atom is 0.0420 e. The van der Waals surface area contributed by atoms with Gasteiger partial charge >= 0.3 is 0 Å². The summed E-state index contributed by atoms with van der Waals surface area (Å²) >= 11 is 5.82. The van der Waals surface area contributed by atoms with Crippen LogP contribution in [0.4, 0.5) is 0 Å². The predicted molar refractivity (Wildman–Crippen MR) is 70.3 cm³/mol. The van der Waals surface area contributed by atoms with Gasteiger partial charge in [-0.3, -0.25) is 0 Å². The van der Waals surface area contributed by atoms with Gasteiger partial charge in [0.15, 0.2) is 0 Å². The lowest BCUT2D eigenvalue weighted by atomic mass is 10.2. The molecule has 1 N–H and O–H groups in total. The van der Waals surface area contributed by atoms with Crippen molar-refractivity contribution in [2.24, 2.45) is 0 Å². The quantitative estimate of drug-likeness (QED) is 0.791. The second kappa shape index (κ2) is 6.23. The Bertz CT molecular complexity index is 368. The molecule has 0 aliphatic rings. The van der Waals surface area contributed by atoms with E-state index in [4.69, 9.17) is 11.6 Å². The molecule has 0 aromatic heterocycles. The van der Waals surface area contributed by atoms with E-state index in [9.17, 15) is 0 Å². The van der Waals surface area contributed by atoms with Gasteiger partial charge in [-0.2, -0.15) is 0 Å². The van der Waals surface area contributed by atoms with E-state index in [1.54, 1.807) is 0 Å². The lowest BCUT2D eigenvalue weighted by Crippen LogP contribution is -2.11. The molecule has 0 atom stereocenters. The van der Waals surface area contributed by atoms with Crippen LogP contribution in [0.3, 0.4) is 0 Å². The highest BCUT2D eigenvalue weighted by Gasteiger charge is 1.95. The van der Waals surface area contributed by atoms with Crippen LogP contribution >= 0.6 is 11.6 Å². The molecule has 0 fully saturated rings. The summed E-state index contributed by atoms with van der Waals surface area (Å²) in [6.45, 7) is 4.67. The fourth-order valence-electron chi connectivity index (χ4n) is 1.23. The van der Waals surface area contributed by atoms with Gasteiger partial charge in [-0.25, -0.2) is 0 Å². The van der Waals surface area contributed by atoms with Crippen LogP contribution in [0.1, 0.15) is 5.56 Å². The summed E-state index contributed by atoms with van der Waals surface area (Å²) in [7, 11) is 3.87. The summed E-state index contributed by atoms with van der Waals surface area (Å²) in [6, 6.07) is 7.86. The summed E-state index contributed by atoms with van der Waals surface area (Å²) < 4.78 is 0. The molecule has 1 rings (SSSR count). The first kappa shape index (κ1) is 12.7. The number of nitrogens with one attached hydrogen (secondary N) is 1. The molecule has 0 amide bonds. The van der Waals surface area contributed by atoms with Gasteiger partial charge in [0.25, 0.3) is 0 Å².